The molecule has 0 amide bonds. The summed E-state index contributed by atoms with van der Waals surface area (Å²) < 4.78 is 5.21. The van der Waals surface area contributed by atoms with E-state index in [4.69, 9.17) is 4.74 Å². The number of hydrogen-bond acceptors (Lipinski definition) is 3. The lowest BCUT2D eigenvalue weighted by atomic mass is 10.1. The van der Waals surface area contributed by atoms with Gasteiger partial charge in [-0.2, -0.15) is 0 Å². The van der Waals surface area contributed by atoms with Crippen LogP contribution in [0.1, 0.15) is 25.3 Å². The predicted molar refractivity (Wildman–Crippen MR) is 101 cm³/mol. The van der Waals surface area contributed by atoms with Gasteiger partial charge in [-0.05, 0) is 49.5 Å². The number of nitrogens with zero attached hydrogens (tertiary/aromatic N) is 3. The zero-order valence-corrected chi connectivity index (χ0v) is 15.6. The van der Waals surface area contributed by atoms with Crippen LogP contribution in [0.4, 0.5) is 0 Å². The summed E-state index contributed by atoms with van der Waals surface area (Å²) in [7, 11) is 5.63. The van der Waals surface area contributed by atoms with E-state index in [9.17, 15) is 0 Å². The van der Waals surface area contributed by atoms with Gasteiger partial charge in [-0.3, -0.25) is 4.99 Å². The van der Waals surface area contributed by atoms with Crippen LogP contribution in [0.15, 0.2) is 29.3 Å². The Labute approximate surface area is 146 Å². The van der Waals surface area contributed by atoms with E-state index >= 15 is 0 Å². The molecule has 0 aliphatic carbocycles. The standard InChI is InChI=1S/C19H32N4O/c1-5-11-23-12-10-17(15-23)13-21-19(20-2)22(3)14-16-6-8-18(24-4)9-7-16/h6-9,17H,5,10-15H2,1-4H3,(H,20,21). The second-order valence-corrected chi connectivity index (χ2v) is 6.59. The molecule has 0 spiro atoms. The molecule has 1 aliphatic heterocycles. The maximum atomic E-state index is 5.21. The molecule has 1 aliphatic rings. The fourth-order valence-corrected chi connectivity index (χ4v) is 3.30. The summed E-state index contributed by atoms with van der Waals surface area (Å²) in [6, 6.07) is 8.20. The van der Waals surface area contributed by atoms with Gasteiger partial charge in [0, 0.05) is 33.7 Å². The van der Waals surface area contributed by atoms with Crippen LogP contribution in [0.5, 0.6) is 5.75 Å². The fraction of sp³-hybridized carbons (Fsp3) is 0.632. The Morgan fingerprint density at radius 3 is 2.75 bits per heavy atom. The third kappa shape index (κ3) is 5.41. The second-order valence-electron chi connectivity index (χ2n) is 6.59. The van der Waals surface area contributed by atoms with Crippen molar-refractivity contribution in [2.75, 3.05) is 47.4 Å². The van der Waals surface area contributed by atoms with Crippen molar-refractivity contribution in [3.05, 3.63) is 29.8 Å². The van der Waals surface area contributed by atoms with Crippen LogP contribution < -0.4 is 10.1 Å². The summed E-state index contributed by atoms with van der Waals surface area (Å²) in [6.45, 7) is 7.75. The molecule has 1 atom stereocenters. The SMILES string of the molecule is CCCN1CCC(CNC(=NC)N(C)Cc2ccc(OC)cc2)C1. The number of likely N-dealkylation sites (tertiary alicyclic amines) is 1. The summed E-state index contributed by atoms with van der Waals surface area (Å²) in [6.07, 6.45) is 2.53. The molecule has 0 aromatic heterocycles. The highest BCUT2D eigenvalue weighted by atomic mass is 16.5. The van der Waals surface area contributed by atoms with Crippen LogP contribution >= 0.6 is 0 Å². The third-order valence-electron chi connectivity index (χ3n) is 4.61. The van der Waals surface area contributed by atoms with E-state index in [0.717, 1.165) is 30.7 Å². The predicted octanol–water partition coefficient (Wildman–Crippen LogP) is 2.43. The van der Waals surface area contributed by atoms with E-state index in [1.165, 1.54) is 38.0 Å². The Morgan fingerprint density at radius 1 is 1.38 bits per heavy atom. The van der Waals surface area contributed by atoms with E-state index in [0.29, 0.717) is 0 Å². The molecular weight excluding hydrogens is 300 g/mol. The number of guanidine groups is 1. The van der Waals surface area contributed by atoms with Gasteiger partial charge < -0.3 is 19.9 Å². The highest BCUT2D eigenvalue weighted by Crippen LogP contribution is 2.16. The maximum Gasteiger partial charge on any atom is 0.193 e. The number of aliphatic imine (C=N–C) groups is 1. The largest absolute Gasteiger partial charge is 0.497 e. The van der Waals surface area contributed by atoms with Crippen molar-refractivity contribution < 1.29 is 4.74 Å². The van der Waals surface area contributed by atoms with Crippen LogP contribution in [-0.4, -0.2) is 63.1 Å². The van der Waals surface area contributed by atoms with Crippen LogP contribution in [0.3, 0.4) is 0 Å². The Kier molecular flexibility index (Phi) is 7.37. The lowest BCUT2D eigenvalue weighted by Crippen LogP contribution is -2.41. The Hall–Kier alpha value is -1.75. The molecule has 24 heavy (non-hydrogen) atoms. The average molecular weight is 332 g/mol. The zero-order chi connectivity index (χ0) is 17.4. The van der Waals surface area contributed by atoms with Gasteiger partial charge in [-0.1, -0.05) is 19.1 Å². The van der Waals surface area contributed by atoms with Gasteiger partial charge in [0.2, 0.25) is 0 Å². The Balaban J connectivity index is 1.80. The van der Waals surface area contributed by atoms with Crippen molar-refractivity contribution >= 4 is 5.96 Å². The number of rotatable bonds is 7. The van der Waals surface area contributed by atoms with Crippen molar-refractivity contribution in [1.82, 2.24) is 15.1 Å². The van der Waals surface area contributed by atoms with Crippen molar-refractivity contribution in [1.29, 1.82) is 0 Å². The van der Waals surface area contributed by atoms with Gasteiger partial charge in [0.25, 0.3) is 0 Å². The molecule has 0 saturated carbocycles. The van der Waals surface area contributed by atoms with E-state index in [-0.39, 0.29) is 0 Å². The smallest absolute Gasteiger partial charge is 0.193 e. The summed E-state index contributed by atoms with van der Waals surface area (Å²) in [5, 5.41) is 3.54. The number of ether oxygens (including phenoxy) is 1. The second kappa shape index (κ2) is 9.52. The summed E-state index contributed by atoms with van der Waals surface area (Å²) in [5.74, 6) is 2.57. The average Bonchev–Trinajstić information content (AvgIpc) is 3.04. The van der Waals surface area contributed by atoms with Crippen molar-refractivity contribution in [2.45, 2.75) is 26.3 Å². The molecule has 1 saturated heterocycles. The molecule has 5 nitrogen and oxygen atoms in total. The van der Waals surface area contributed by atoms with E-state index in [1.807, 2.05) is 19.2 Å². The number of hydrogen-bond donors (Lipinski definition) is 1. The first-order valence-corrected chi connectivity index (χ1v) is 8.93. The summed E-state index contributed by atoms with van der Waals surface area (Å²) in [5.41, 5.74) is 1.25. The number of methoxy groups -OCH3 is 1. The zero-order valence-electron chi connectivity index (χ0n) is 15.6. The first-order valence-electron chi connectivity index (χ1n) is 8.93. The van der Waals surface area contributed by atoms with Gasteiger partial charge in [-0.25, -0.2) is 0 Å². The van der Waals surface area contributed by atoms with Crippen molar-refractivity contribution in [3.8, 4) is 5.75 Å². The fourth-order valence-electron chi connectivity index (χ4n) is 3.30. The van der Waals surface area contributed by atoms with Gasteiger partial charge in [0.1, 0.15) is 5.75 Å². The van der Waals surface area contributed by atoms with Crippen LogP contribution in [0.25, 0.3) is 0 Å². The third-order valence-corrected chi connectivity index (χ3v) is 4.61. The molecule has 0 radical (unpaired) electrons. The maximum absolute atomic E-state index is 5.21. The molecule has 1 fully saturated rings. The number of nitrogens with one attached hydrogen (secondary N) is 1. The summed E-state index contributed by atoms with van der Waals surface area (Å²) in [4.78, 5) is 9.16. The minimum Gasteiger partial charge on any atom is -0.497 e. The van der Waals surface area contributed by atoms with Crippen LogP contribution in [-0.2, 0) is 6.54 Å². The highest BCUT2D eigenvalue weighted by Gasteiger charge is 2.22. The van der Waals surface area contributed by atoms with Gasteiger partial charge in [-0.15, -0.1) is 0 Å². The van der Waals surface area contributed by atoms with Crippen molar-refractivity contribution in [3.63, 3.8) is 0 Å². The molecule has 134 valence electrons. The Bertz CT molecular complexity index is 515. The van der Waals surface area contributed by atoms with E-state index in [1.54, 1.807) is 7.11 Å². The molecule has 1 aromatic rings. The van der Waals surface area contributed by atoms with Gasteiger partial charge >= 0.3 is 0 Å². The topological polar surface area (TPSA) is 40.1 Å². The first-order chi connectivity index (χ1) is 11.7. The van der Waals surface area contributed by atoms with Crippen LogP contribution in [0.2, 0.25) is 0 Å². The molecule has 1 unspecified atom stereocenters. The minimum absolute atomic E-state index is 0.725. The van der Waals surface area contributed by atoms with E-state index < -0.39 is 0 Å². The lowest BCUT2D eigenvalue weighted by molar-refractivity contribution is 0.324. The molecule has 2 rings (SSSR count). The highest BCUT2D eigenvalue weighted by molar-refractivity contribution is 5.79. The first kappa shape index (κ1) is 18.6. The molecular formula is C19H32N4O. The Morgan fingerprint density at radius 2 is 2.12 bits per heavy atom. The molecule has 5 heteroatoms. The quantitative estimate of drug-likeness (QED) is 0.615. The van der Waals surface area contributed by atoms with Gasteiger partial charge in [0.05, 0.1) is 7.11 Å². The monoisotopic (exact) mass is 332 g/mol. The van der Waals surface area contributed by atoms with Crippen LogP contribution in [0, 0.1) is 5.92 Å². The minimum atomic E-state index is 0.725. The van der Waals surface area contributed by atoms with Crippen molar-refractivity contribution in [2.24, 2.45) is 10.9 Å². The number of benzene rings is 1. The summed E-state index contributed by atoms with van der Waals surface area (Å²) >= 11 is 0. The molecule has 1 aromatic carbocycles. The normalized spacial score (nSPS) is 18.7. The molecule has 1 N–H and O–H groups in total. The molecule has 1 heterocycles. The van der Waals surface area contributed by atoms with Gasteiger partial charge in [0.15, 0.2) is 5.96 Å². The lowest BCUT2D eigenvalue weighted by Gasteiger charge is -2.24. The molecule has 0 bridgehead atoms. The van der Waals surface area contributed by atoms with E-state index in [2.05, 4.69) is 46.2 Å².